The maximum absolute atomic E-state index is 12.4. The van der Waals surface area contributed by atoms with Crippen LogP contribution in [0.3, 0.4) is 0 Å². The molecule has 0 aliphatic rings. The minimum atomic E-state index is 0.106. The fourth-order valence-electron chi connectivity index (χ4n) is 2.19. The van der Waals surface area contributed by atoms with Crippen molar-refractivity contribution in [3.8, 4) is 0 Å². The number of amides is 1. The first-order chi connectivity index (χ1) is 9.49. The largest absolute Gasteiger partial charge is 0.334 e. The molecule has 0 N–H and O–H groups in total. The minimum absolute atomic E-state index is 0.106. The highest BCUT2D eigenvalue weighted by Gasteiger charge is 2.21. The van der Waals surface area contributed by atoms with Crippen LogP contribution in [-0.4, -0.2) is 22.9 Å². The SMILES string of the molecule is CCC(C)N(C(=O)C=Cc1ccc(C)cc1)C(C)CC. The van der Waals surface area contributed by atoms with Crippen LogP contribution in [0.15, 0.2) is 30.3 Å². The predicted octanol–water partition coefficient (Wildman–Crippen LogP) is 4.43. The molecule has 110 valence electrons. The molecular formula is C18H27NO. The molecule has 0 heterocycles. The first-order valence-electron chi connectivity index (χ1n) is 7.56. The molecule has 20 heavy (non-hydrogen) atoms. The Morgan fingerprint density at radius 1 is 1.10 bits per heavy atom. The molecule has 0 spiro atoms. The molecular weight excluding hydrogens is 246 g/mol. The van der Waals surface area contributed by atoms with Gasteiger partial charge in [0.25, 0.3) is 0 Å². The quantitative estimate of drug-likeness (QED) is 0.702. The van der Waals surface area contributed by atoms with Gasteiger partial charge in [-0.05, 0) is 45.3 Å². The first-order valence-corrected chi connectivity index (χ1v) is 7.56. The highest BCUT2D eigenvalue weighted by Crippen LogP contribution is 2.13. The average Bonchev–Trinajstić information content (AvgIpc) is 2.46. The van der Waals surface area contributed by atoms with Gasteiger partial charge >= 0.3 is 0 Å². The van der Waals surface area contributed by atoms with Crippen molar-refractivity contribution < 1.29 is 4.79 Å². The highest BCUT2D eigenvalue weighted by atomic mass is 16.2. The Labute approximate surface area is 123 Å². The van der Waals surface area contributed by atoms with E-state index in [4.69, 9.17) is 0 Å². The Bertz CT molecular complexity index is 437. The highest BCUT2D eigenvalue weighted by molar-refractivity contribution is 5.92. The molecule has 2 heteroatoms. The molecule has 0 fully saturated rings. The smallest absolute Gasteiger partial charge is 0.247 e. The number of aryl methyl sites for hydroxylation is 1. The molecule has 1 aromatic rings. The van der Waals surface area contributed by atoms with E-state index in [-0.39, 0.29) is 18.0 Å². The van der Waals surface area contributed by atoms with E-state index in [1.165, 1.54) is 5.56 Å². The number of rotatable bonds is 6. The van der Waals surface area contributed by atoms with E-state index in [2.05, 4.69) is 46.8 Å². The molecule has 2 atom stereocenters. The summed E-state index contributed by atoms with van der Waals surface area (Å²) >= 11 is 0. The van der Waals surface area contributed by atoms with Crippen LogP contribution in [0.25, 0.3) is 6.08 Å². The van der Waals surface area contributed by atoms with Gasteiger partial charge in [0, 0.05) is 18.2 Å². The summed E-state index contributed by atoms with van der Waals surface area (Å²) in [4.78, 5) is 14.4. The van der Waals surface area contributed by atoms with Crippen molar-refractivity contribution in [3.05, 3.63) is 41.5 Å². The fraction of sp³-hybridized carbons (Fsp3) is 0.500. The zero-order valence-corrected chi connectivity index (χ0v) is 13.4. The van der Waals surface area contributed by atoms with Crippen molar-refractivity contribution in [2.24, 2.45) is 0 Å². The van der Waals surface area contributed by atoms with Gasteiger partial charge in [-0.1, -0.05) is 43.7 Å². The van der Waals surface area contributed by atoms with Gasteiger partial charge in [0.2, 0.25) is 5.91 Å². The Balaban J connectivity index is 2.82. The van der Waals surface area contributed by atoms with Crippen LogP contribution in [0.5, 0.6) is 0 Å². The summed E-state index contributed by atoms with van der Waals surface area (Å²) in [7, 11) is 0. The monoisotopic (exact) mass is 273 g/mol. The summed E-state index contributed by atoms with van der Waals surface area (Å²) in [5.74, 6) is 0.106. The number of hydrogen-bond acceptors (Lipinski definition) is 1. The van der Waals surface area contributed by atoms with E-state index < -0.39 is 0 Å². The van der Waals surface area contributed by atoms with Crippen LogP contribution in [0.1, 0.15) is 51.7 Å². The van der Waals surface area contributed by atoms with Gasteiger partial charge in [-0.25, -0.2) is 0 Å². The summed E-state index contributed by atoms with van der Waals surface area (Å²) in [6, 6.07) is 8.75. The maximum atomic E-state index is 12.4. The van der Waals surface area contributed by atoms with Crippen LogP contribution < -0.4 is 0 Å². The van der Waals surface area contributed by atoms with Crippen molar-refractivity contribution in [2.45, 2.75) is 59.5 Å². The number of benzene rings is 1. The van der Waals surface area contributed by atoms with Gasteiger partial charge in [-0.2, -0.15) is 0 Å². The van der Waals surface area contributed by atoms with Crippen LogP contribution in [-0.2, 0) is 4.79 Å². The third kappa shape index (κ3) is 4.52. The van der Waals surface area contributed by atoms with Crippen molar-refractivity contribution in [1.82, 2.24) is 4.90 Å². The van der Waals surface area contributed by atoms with Gasteiger partial charge in [0.05, 0.1) is 0 Å². The standard InChI is InChI=1S/C18H27NO/c1-6-15(4)19(16(5)7-2)18(20)13-12-17-10-8-14(3)9-11-17/h8-13,15-16H,6-7H2,1-5H3. The van der Waals surface area contributed by atoms with Gasteiger partial charge in [-0.15, -0.1) is 0 Å². The molecule has 0 saturated heterocycles. The Morgan fingerprint density at radius 3 is 2.05 bits per heavy atom. The zero-order valence-electron chi connectivity index (χ0n) is 13.4. The van der Waals surface area contributed by atoms with Gasteiger partial charge in [-0.3, -0.25) is 4.79 Å². The fourth-order valence-corrected chi connectivity index (χ4v) is 2.19. The zero-order chi connectivity index (χ0) is 15.1. The minimum Gasteiger partial charge on any atom is -0.334 e. The second-order valence-corrected chi connectivity index (χ2v) is 5.50. The van der Waals surface area contributed by atoms with Crippen LogP contribution in [0, 0.1) is 6.92 Å². The summed E-state index contributed by atoms with van der Waals surface area (Å²) in [5, 5.41) is 0. The van der Waals surface area contributed by atoms with E-state index in [1.54, 1.807) is 6.08 Å². The predicted molar refractivity (Wildman–Crippen MR) is 86.6 cm³/mol. The molecule has 1 amide bonds. The maximum Gasteiger partial charge on any atom is 0.247 e. The number of carbonyl (C=O) groups is 1. The third-order valence-electron chi connectivity index (χ3n) is 3.88. The lowest BCUT2D eigenvalue weighted by atomic mass is 10.1. The molecule has 0 saturated carbocycles. The third-order valence-corrected chi connectivity index (χ3v) is 3.88. The Hall–Kier alpha value is -1.57. The van der Waals surface area contributed by atoms with Gasteiger partial charge in [0.1, 0.15) is 0 Å². The summed E-state index contributed by atoms with van der Waals surface area (Å²) in [6.45, 7) is 10.5. The first kappa shape index (κ1) is 16.5. The van der Waals surface area contributed by atoms with E-state index in [0.717, 1.165) is 18.4 Å². The number of hydrogen-bond donors (Lipinski definition) is 0. The second-order valence-electron chi connectivity index (χ2n) is 5.50. The number of nitrogens with zero attached hydrogens (tertiary/aromatic N) is 1. The molecule has 0 radical (unpaired) electrons. The van der Waals surface area contributed by atoms with E-state index in [9.17, 15) is 4.79 Å². The summed E-state index contributed by atoms with van der Waals surface area (Å²) in [5.41, 5.74) is 2.30. The molecule has 0 aliphatic heterocycles. The van der Waals surface area contributed by atoms with Crippen molar-refractivity contribution in [1.29, 1.82) is 0 Å². The molecule has 2 nitrogen and oxygen atoms in total. The van der Waals surface area contributed by atoms with Gasteiger partial charge in [0.15, 0.2) is 0 Å². The molecule has 0 aliphatic carbocycles. The Kier molecular flexibility index (Phi) is 6.50. The second kappa shape index (κ2) is 7.88. The molecule has 0 bridgehead atoms. The van der Waals surface area contributed by atoms with E-state index in [0.29, 0.717) is 0 Å². The summed E-state index contributed by atoms with van der Waals surface area (Å²) < 4.78 is 0. The van der Waals surface area contributed by atoms with Crippen molar-refractivity contribution in [3.63, 3.8) is 0 Å². The van der Waals surface area contributed by atoms with Crippen LogP contribution >= 0.6 is 0 Å². The summed E-state index contributed by atoms with van der Waals surface area (Å²) in [6.07, 6.45) is 5.56. The van der Waals surface area contributed by atoms with Crippen LogP contribution in [0.4, 0.5) is 0 Å². The topological polar surface area (TPSA) is 20.3 Å². The molecule has 1 aromatic carbocycles. The lowest BCUT2D eigenvalue weighted by Crippen LogP contribution is -2.43. The van der Waals surface area contributed by atoms with Crippen LogP contribution in [0.2, 0.25) is 0 Å². The van der Waals surface area contributed by atoms with E-state index in [1.807, 2.05) is 23.1 Å². The molecule has 1 rings (SSSR count). The van der Waals surface area contributed by atoms with Gasteiger partial charge < -0.3 is 4.90 Å². The Morgan fingerprint density at radius 2 is 1.60 bits per heavy atom. The lowest BCUT2D eigenvalue weighted by molar-refractivity contribution is -0.130. The molecule has 0 aromatic heterocycles. The average molecular weight is 273 g/mol. The molecule has 2 unspecified atom stereocenters. The van der Waals surface area contributed by atoms with E-state index >= 15 is 0 Å². The normalized spacial score (nSPS) is 14.2. The van der Waals surface area contributed by atoms with Crippen molar-refractivity contribution in [2.75, 3.05) is 0 Å². The lowest BCUT2D eigenvalue weighted by Gasteiger charge is -2.33. The number of carbonyl (C=O) groups excluding carboxylic acids is 1. The van der Waals surface area contributed by atoms with Crippen molar-refractivity contribution >= 4 is 12.0 Å².